The highest BCUT2D eigenvalue weighted by Crippen LogP contribution is 2.31. The molecule has 27 heavy (non-hydrogen) atoms. The van der Waals surface area contributed by atoms with Gasteiger partial charge < -0.3 is 10.2 Å². The summed E-state index contributed by atoms with van der Waals surface area (Å²) in [4.78, 5) is 26.9. The Hall–Kier alpha value is -3.11. The monoisotopic (exact) mass is 376 g/mol. The first-order chi connectivity index (χ1) is 13.1. The molecule has 0 unspecified atom stereocenters. The topological polar surface area (TPSA) is 49.4 Å². The predicted octanol–water partition coefficient (Wildman–Crippen LogP) is 4.80. The van der Waals surface area contributed by atoms with Crippen LogP contribution in [0.2, 0.25) is 5.02 Å². The van der Waals surface area contributed by atoms with Crippen LogP contribution in [0.1, 0.15) is 26.3 Å². The van der Waals surface area contributed by atoms with Crippen LogP contribution in [0, 0.1) is 0 Å². The van der Waals surface area contributed by atoms with Crippen molar-refractivity contribution in [1.82, 2.24) is 0 Å². The van der Waals surface area contributed by atoms with Gasteiger partial charge in [0.25, 0.3) is 11.8 Å². The largest absolute Gasteiger partial charge is 0.322 e. The van der Waals surface area contributed by atoms with Crippen molar-refractivity contribution in [2.24, 2.45) is 0 Å². The van der Waals surface area contributed by atoms with E-state index in [1.54, 1.807) is 29.2 Å². The van der Waals surface area contributed by atoms with E-state index < -0.39 is 0 Å². The SMILES string of the molecule is O=C(Nc1ccc2c(c1)CCN2C(=O)c1ccccc1)c1ccc(Cl)cc1. The van der Waals surface area contributed by atoms with Crippen molar-refractivity contribution in [2.45, 2.75) is 6.42 Å². The van der Waals surface area contributed by atoms with Gasteiger partial charge in [0, 0.05) is 34.1 Å². The van der Waals surface area contributed by atoms with Crippen molar-refractivity contribution >= 4 is 34.8 Å². The maximum Gasteiger partial charge on any atom is 0.258 e. The number of nitrogens with zero attached hydrogens (tertiary/aromatic N) is 1. The number of rotatable bonds is 3. The lowest BCUT2D eigenvalue weighted by atomic mass is 10.1. The smallest absolute Gasteiger partial charge is 0.258 e. The van der Waals surface area contributed by atoms with Crippen molar-refractivity contribution in [2.75, 3.05) is 16.8 Å². The van der Waals surface area contributed by atoms with Crippen LogP contribution >= 0.6 is 11.6 Å². The Morgan fingerprint density at radius 3 is 2.37 bits per heavy atom. The molecule has 3 aromatic rings. The van der Waals surface area contributed by atoms with E-state index in [2.05, 4.69) is 5.32 Å². The fourth-order valence-corrected chi connectivity index (χ4v) is 3.36. The first-order valence-electron chi connectivity index (χ1n) is 8.68. The molecule has 0 atom stereocenters. The molecular weight excluding hydrogens is 360 g/mol. The van der Waals surface area contributed by atoms with Gasteiger partial charge in [-0.1, -0.05) is 29.8 Å². The molecule has 1 aliphatic heterocycles. The van der Waals surface area contributed by atoms with E-state index in [1.165, 1.54) is 0 Å². The van der Waals surface area contributed by atoms with Crippen molar-refractivity contribution in [1.29, 1.82) is 0 Å². The molecule has 2 amide bonds. The molecule has 0 bridgehead atoms. The fourth-order valence-electron chi connectivity index (χ4n) is 3.23. The third-order valence-electron chi connectivity index (χ3n) is 4.61. The van der Waals surface area contributed by atoms with E-state index in [0.717, 1.165) is 17.7 Å². The summed E-state index contributed by atoms with van der Waals surface area (Å²) in [6.45, 7) is 0.637. The van der Waals surface area contributed by atoms with Gasteiger partial charge in [-0.15, -0.1) is 0 Å². The number of carbonyl (C=O) groups is 2. The summed E-state index contributed by atoms with van der Waals surface area (Å²) < 4.78 is 0. The Balaban J connectivity index is 1.52. The molecule has 5 heteroatoms. The average Bonchev–Trinajstić information content (AvgIpc) is 3.11. The van der Waals surface area contributed by atoms with E-state index in [9.17, 15) is 9.59 Å². The molecule has 0 spiro atoms. The summed E-state index contributed by atoms with van der Waals surface area (Å²) in [5.74, 6) is -0.200. The van der Waals surface area contributed by atoms with Crippen LogP contribution in [0.5, 0.6) is 0 Å². The number of halogens is 1. The van der Waals surface area contributed by atoms with Gasteiger partial charge >= 0.3 is 0 Å². The minimum absolute atomic E-state index is 0.00713. The van der Waals surface area contributed by atoms with E-state index in [-0.39, 0.29) is 11.8 Å². The number of hydrogen-bond donors (Lipinski definition) is 1. The highest BCUT2D eigenvalue weighted by atomic mass is 35.5. The molecule has 4 nitrogen and oxygen atoms in total. The minimum atomic E-state index is -0.193. The van der Waals surface area contributed by atoms with Crippen molar-refractivity contribution in [3.63, 3.8) is 0 Å². The van der Waals surface area contributed by atoms with Gasteiger partial charge in [0.15, 0.2) is 0 Å². The van der Waals surface area contributed by atoms with Crippen LogP contribution in [-0.2, 0) is 6.42 Å². The van der Waals surface area contributed by atoms with Crippen molar-refractivity contribution < 1.29 is 9.59 Å². The first kappa shape index (κ1) is 17.3. The Morgan fingerprint density at radius 1 is 0.889 bits per heavy atom. The Labute approximate surface area is 162 Å². The highest BCUT2D eigenvalue weighted by Gasteiger charge is 2.25. The van der Waals surface area contributed by atoms with Crippen LogP contribution in [-0.4, -0.2) is 18.4 Å². The lowest BCUT2D eigenvalue weighted by Crippen LogP contribution is -2.28. The fraction of sp³-hybridized carbons (Fsp3) is 0.0909. The zero-order valence-electron chi connectivity index (χ0n) is 14.5. The first-order valence-corrected chi connectivity index (χ1v) is 9.06. The standard InChI is InChI=1S/C22H17ClN2O2/c23-18-8-6-15(7-9-18)21(26)24-19-10-11-20-17(14-19)12-13-25(20)22(27)16-4-2-1-3-5-16/h1-11,14H,12-13H2,(H,24,26). The molecular formula is C22H17ClN2O2. The van der Waals surface area contributed by atoms with Crippen LogP contribution in [0.25, 0.3) is 0 Å². The number of anilines is 2. The molecule has 134 valence electrons. The summed E-state index contributed by atoms with van der Waals surface area (Å²) in [6.07, 6.45) is 0.762. The third kappa shape index (κ3) is 3.57. The second-order valence-electron chi connectivity index (χ2n) is 6.38. The molecule has 1 heterocycles. The highest BCUT2D eigenvalue weighted by molar-refractivity contribution is 6.30. The zero-order valence-corrected chi connectivity index (χ0v) is 15.2. The van der Waals surface area contributed by atoms with Gasteiger partial charge in [0.2, 0.25) is 0 Å². The number of fused-ring (bicyclic) bond motifs is 1. The molecule has 0 saturated heterocycles. The second kappa shape index (κ2) is 7.25. The van der Waals surface area contributed by atoms with Gasteiger partial charge in [0.05, 0.1) is 0 Å². The van der Waals surface area contributed by atoms with Gasteiger partial charge in [-0.3, -0.25) is 9.59 Å². The summed E-state index contributed by atoms with van der Waals surface area (Å²) in [6, 6.07) is 21.6. The minimum Gasteiger partial charge on any atom is -0.322 e. The number of carbonyl (C=O) groups excluding carboxylic acids is 2. The maximum absolute atomic E-state index is 12.7. The Morgan fingerprint density at radius 2 is 1.63 bits per heavy atom. The summed E-state index contributed by atoms with van der Waals surface area (Å²) in [5, 5.41) is 3.49. The molecule has 1 N–H and O–H groups in total. The molecule has 4 rings (SSSR count). The maximum atomic E-state index is 12.7. The number of amides is 2. The second-order valence-corrected chi connectivity index (χ2v) is 6.81. The van der Waals surface area contributed by atoms with Crippen molar-refractivity contribution in [3.8, 4) is 0 Å². The van der Waals surface area contributed by atoms with Crippen LogP contribution in [0.4, 0.5) is 11.4 Å². The molecule has 0 radical (unpaired) electrons. The van der Waals surface area contributed by atoms with Crippen LogP contribution in [0.15, 0.2) is 72.8 Å². The lowest BCUT2D eigenvalue weighted by Gasteiger charge is -2.17. The van der Waals surface area contributed by atoms with Crippen molar-refractivity contribution in [3.05, 3.63) is 94.5 Å². The normalized spacial score (nSPS) is 12.6. The molecule has 0 fully saturated rings. The predicted molar refractivity (Wildman–Crippen MR) is 108 cm³/mol. The Bertz CT molecular complexity index is 1000. The van der Waals surface area contributed by atoms with Crippen LogP contribution < -0.4 is 10.2 Å². The van der Waals surface area contributed by atoms with Gasteiger partial charge in [-0.05, 0) is 66.6 Å². The summed E-state index contributed by atoms with van der Waals surface area (Å²) >= 11 is 5.86. The molecule has 3 aromatic carbocycles. The quantitative estimate of drug-likeness (QED) is 0.714. The zero-order chi connectivity index (χ0) is 18.8. The molecule has 0 aromatic heterocycles. The number of nitrogens with one attached hydrogen (secondary N) is 1. The van der Waals surface area contributed by atoms with E-state index in [0.29, 0.717) is 28.4 Å². The van der Waals surface area contributed by atoms with Gasteiger partial charge in [-0.2, -0.15) is 0 Å². The van der Waals surface area contributed by atoms with E-state index in [1.807, 2.05) is 48.5 Å². The Kier molecular flexibility index (Phi) is 4.65. The molecule has 1 aliphatic rings. The van der Waals surface area contributed by atoms with E-state index >= 15 is 0 Å². The summed E-state index contributed by atoms with van der Waals surface area (Å²) in [7, 11) is 0. The van der Waals surface area contributed by atoms with Crippen LogP contribution in [0.3, 0.4) is 0 Å². The molecule has 0 saturated carbocycles. The van der Waals surface area contributed by atoms with E-state index in [4.69, 9.17) is 11.6 Å². The molecule has 0 aliphatic carbocycles. The number of hydrogen-bond acceptors (Lipinski definition) is 2. The number of benzene rings is 3. The van der Waals surface area contributed by atoms with Gasteiger partial charge in [-0.25, -0.2) is 0 Å². The lowest BCUT2D eigenvalue weighted by molar-refractivity contribution is 0.0987. The van der Waals surface area contributed by atoms with Gasteiger partial charge in [0.1, 0.15) is 0 Å². The summed E-state index contributed by atoms with van der Waals surface area (Å²) in [5.41, 5.74) is 3.87. The third-order valence-corrected chi connectivity index (χ3v) is 4.86. The average molecular weight is 377 g/mol.